The summed E-state index contributed by atoms with van der Waals surface area (Å²) >= 11 is 0. The van der Waals surface area contributed by atoms with Crippen molar-refractivity contribution in [1.29, 1.82) is 0 Å². The molecular weight excluding hydrogens is 361 g/mol. The van der Waals surface area contributed by atoms with E-state index in [1.165, 1.54) is 7.05 Å². The summed E-state index contributed by atoms with van der Waals surface area (Å²) in [5.74, 6) is 0.422. The van der Waals surface area contributed by atoms with Crippen LogP contribution in [0.1, 0.15) is 48.5 Å². The smallest absolute Gasteiger partial charge is 0.115 e. The fourth-order valence-electron chi connectivity index (χ4n) is 3.43. The van der Waals surface area contributed by atoms with Gasteiger partial charge in [0.2, 0.25) is 0 Å². The highest BCUT2D eigenvalue weighted by Gasteiger charge is 2.29. The van der Waals surface area contributed by atoms with Gasteiger partial charge in [-0.25, -0.2) is 0 Å². The van der Waals surface area contributed by atoms with E-state index in [1.807, 2.05) is 24.3 Å². The monoisotopic (exact) mass is 391 g/mol. The number of aliphatic hydroxyl groups is 2. The lowest BCUT2D eigenvalue weighted by Crippen LogP contribution is -2.33. The van der Waals surface area contributed by atoms with Crippen LogP contribution in [0.3, 0.4) is 0 Å². The third-order valence-electron chi connectivity index (χ3n) is 4.92. The Hall–Kier alpha value is -1.49. The van der Waals surface area contributed by atoms with Gasteiger partial charge in [-0.1, -0.05) is 37.3 Å². The Balaban J connectivity index is 0.00000126. The first kappa shape index (κ1) is 21.8. The van der Waals surface area contributed by atoms with Gasteiger partial charge in [-0.15, -0.1) is 9.24 Å². The van der Waals surface area contributed by atoms with Crippen LogP contribution in [-0.2, 0) is 4.74 Å². The number of phenolic OH excluding ortho intramolecular Hbond substituents is 1. The molecule has 5 N–H and O–H groups in total. The van der Waals surface area contributed by atoms with Crippen molar-refractivity contribution in [2.24, 2.45) is 5.73 Å². The van der Waals surface area contributed by atoms with Crippen LogP contribution in [0, 0.1) is 0 Å². The van der Waals surface area contributed by atoms with E-state index < -0.39 is 6.10 Å². The van der Waals surface area contributed by atoms with Gasteiger partial charge in [0.05, 0.1) is 24.9 Å². The highest BCUT2D eigenvalue weighted by molar-refractivity contribution is 7.27. The van der Waals surface area contributed by atoms with Crippen molar-refractivity contribution in [3.63, 3.8) is 0 Å². The topological polar surface area (TPSA) is 95.9 Å². The molecule has 1 aliphatic rings. The Morgan fingerprint density at radius 2 is 1.81 bits per heavy atom. The zero-order valence-corrected chi connectivity index (χ0v) is 17.0. The fourth-order valence-corrected chi connectivity index (χ4v) is 3.86. The molecule has 0 bridgehead atoms. The number of rotatable bonds is 4. The van der Waals surface area contributed by atoms with Crippen molar-refractivity contribution in [2.75, 3.05) is 13.7 Å². The van der Waals surface area contributed by atoms with Crippen molar-refractivity contribution in [2.45, 2.75) is 44.0 Å². The molecule has 2 aromatic carbocycles. The van der Waals surface area contributed by atoms with Gasteiger partial charge in [0, 0.05) is 18.8 Å². The molecule has 148 valence electrons. The summed E-state index contributed by atoms with van der Waals surface area (Å²) in [6, 6.07) is 13.4. The fraction of sp³-hybridized carbons (Fsp3) is 0.429. The molecule has 0 saturated carbocycles. The molecule has 3 rings (SSSR count). The van der Waals surface area contributed by atoms with E-state index >= 15 is 0 Å². The molecule has 0 aliphatic carbocycles. The van der Waals surface area contributed by atoms with Crippen LogP contribution < -0.4 is 11.0 Å². The predicted molar refractivity (Wildman–Crippen MR) is 111 cm³/mol. The summed E-state index contributed by atoms with van der Waals surface area (Å²) in [4.78, 5) is 0. The maximum atomic E-state index is 10.1. The molecule has 5 nitrogen and oxygen atoms in total. The standard InChI is InChI=1S/C20H25O4P.CH5N/c1-12(13-2-5-15(22)6-3-13)18-8-14(4-7-20(18)25)19-10-16(23)9-17(11-21)24-19;1-2/h2-8,12,16-17,19,21-23H,9-11,25H2,1H3;2H2,1H3. The molecule has 27 heavy (non-hydrogen) atoms. The molecule has 0 aromatic heterocycles. The van der Waals surface area contributed by atoms with Crippen LogP contribution in [0.5, 0.6) is 5.75 Å². The number of hydrogen-bond acceptors (Lipinski definition) is 5. The van der Waals surface area contributed by atoms with Crippen LogP contribution in [-0.4, -0.2) is 41.2 Å². The van der Waals surface area contributed by atoms with Gasteiger partial charge in [0.1, 0.15) is 5.75 Å². The van der Waals surface area contributed by atoms with Gasteiger partial charge >= 0.3 is 0 Å². The molecule has 5 unspecified atom stereocenters. The second-order valence-electron chi connectivity index (χ2n) is 6.76. The van der Waals surface area contributed by atoms with Gasteiger partial charge in [0.15, 0.2) is 0 Å². The molecule has 0 radical (unpaired) electrons. The molecule has 0 spiro atoms. The molecule has 1 saturated heterocycles. The number of benzene rings is 2. The Bertz CT molecular complexity index is 723. The minimum Gasteiger partial charge on any atom is -0.508 e. The van der Waals surface area contributed by atoms with E-state index in [0.29, 0.717) is 12.8 Å². The number of aliphatic hydroxyl groups excluding tert-OH is 2. The van der Waals surface area contributed by atoms with Crippen molar-refractivity contribution in [3.05, 3.63) is 59.2 Å². The second kappa shape index (κ2) is 10.2. The van der Waals surface area contributed by atoms with Gasteiger partial charge < -0.3 is 25.8 Å². The molecule has 5 atom stereocenters. The Kier molecular flexibility index (Phi) is 8.21. The predicted octanol–water partition coefficient (Wildman–Crippen LogP) is 2.19. The maximum absolute atomic E-state index is 10.1. The molecular formula is C21H30NO4P. The van der Waals surface area contributed by atoms with E-state index in [9.17, 15) is 15.3 Å². The quantitative estimate of drug-likeness (QED) is 0.600. The van der Waals surface area contributed by atoms with E-state index in [0.717, 1.165) is 22.0 Å². The van der Waals surface area contributed by atoms with Crippen molar-refractivity contribution in [1.82, 2.24) is 0 Å². The Morgan fingerprint density at radius 1 is 1.15 bits per heavy atom. The van der Waals surface area contributed by atoms with Crippen molar-refractivity contribution >= 4 is 14.5 Å². The molecule has 0 amide bonds. The summed E-state index contributed by atoms with van der Waals surface area (Å²) in [6.45, 7) is 2.05. The molecule has 2 aromatic rings. The van der Waals surface area contributed by atoms with E-state index in [1.54, 1.807) is 12.1 Å². The van der Waals surface area contributed by atoms with Gasteiger partial charge in [-0.3, -0.25) is 0 Å². The number of nitrogens with two attached hydrogens (primary N) is 1. The SMILES string of the molecule is CC(c1ccc(O)cc1)c1cc(C2CC(O)CC(CO)O2)ccc1P.CN. The van der Waals surface area contributed by atoms with Crippen molar-refractivity contribution in [3.8, 4) is 5.75 Å². The largest absolute Gasteiger partial charge is 0.508 e. The van der Waals surface area contributed by atoms with Crippen LogP contribution in [0.25, 0.3) is 0 Å². The number of phenols is 1. The highest BCUT2D eigenvalue weighted by Crippen LogP contribution is 2.34. The highest BCUT2D eigenvalue weighted by atomic mass is 31.0. The minimum atomic E-state index is -0.454. The molecule has 1 fully saturated rings. The maximum Gasteiger partial charge on any atom is 0.115 e. The van der Waals surface area contributed by atoms with Gasteiger partial charge in [-0.05, 0) is 41.2 Å². The van der Waals surface area contributed by atoms with Crippen LogP contribution in [0.2, 0.25) is 0 Å². The minimum absolute atomic E-state index is 0.0773. The van der Waals surface area contributed by atoms with Crippen LogP contribution >= 0.6 is 9.24 Å². The van der Waals surface area contributed by atoms with Crippen molar-refractivity contribution < 1.29 is 20.1 Å². The second-order valence-corrected chi connectivity index (χ2v) is 7.38. The number of hydrogen-bond donors (Lipinski definition) is 4. The summed E-state index contributed by atoms with van der Waals surface area (Å²) in [5, 5.41) is 30.0. The summed E-state index contributed by atoms with van der Waals surface area (Å²) < 4.78 is 5.94. The van der Waals surface area contributed by atoms with E-state index in [-0.39, 0.29) is 30.5 Å². The lowest BCUT2D eigenvalue weighted by Gasteiger charge is -2.33. The first-order chi connectivity index (χ1) is 13.0. The first-order valence-corrected chi connectivity index (χ1v) is 9.76. The molecule has 6 heteroatoms. The zero-order valence-electron chi connectivity index (χ0n) is 15.9. The lowest BCUT2D eigenvalue weighted by molar-refractivity contribution is -0.113. The summed E-state index contributed by atoms with van der Waals surface area (Å²) in [5.41, 5.74) is 7.80. The van der Waals surface area contributed by atoms with Gasteiger partial charge in [-0.2, -0.15) is 0 Å². The average molecular weight is 391 g/mol. The average Bonchev–Trinajstić information content (AvgIpc) is 2.69. The van der Waals surface area contributed by atoms with Crippen LogP contribution in [0.4, 0.5) is 0 Å². The first-order valence-electron chi connectivity index (χ1n) is 9.18. The zero-order chi connectivity index (χ0) is 20.0. The third-order valence-corrected chi connectivity index (χ3v) is 5.45. The van der Waals surface area contributed by atoms with Crippen LogP contribution in [0.15, 0.2) is 42.5 Å². The Labute approximate surface area is 163 Å². The number of ether oxygens (including phenoxy) is 1. The number of aromatic hydroxyl groups is 1. The Morgan fingerprint density at radius 3 is 2.44 bits per heavy atom. The van der Waals surface area contributed by atoms with Gasteiger partial charge in [0.25, 0.3) is 0 Å². The van der Waals surface area contributed by atoms with E-state index in [2.05, 4.69) is 28.0 Å². The van der Waals surface area contributed by atoms with E-state index in [4.69, 9.17) is 4.74 Å². The lowest BCUT2D eigenvalue weighted by atomic mass is 9.89. The molecule has 1 aliphatic heterocycles. The summed E-state index contributed by atoms with van der Waals surface area (Å²) in [6.07, 6.45) is 0.0369. The summed E-state index contributed by atoms with van der Waals surface area (Å²) in [7, 11) is 4.27. The third kappa shape index (κ3) is 5.50. The normalized spacial score (nSPS) is 23.3. The molecule has 1 heterocycles.